The second kappa shape index (κ2) is 6.78. The van der Waals surface area contributed by atoms with Crippen molar-refractivity contribution in [2.45, 2.75) is 6.92 Å². The van der Waals surface area contributed by atoms with E-state index in [0.29, 0.717) is 0 Å². The van der Waals surface area contributed by atoms with Gasteiger partial charge in [0.2, 0.25) is 5.91 Å². The number of rotatable bonds is 5. The van der Waals surface area contributed by atoms with Gasteiger partial charge in [0.1, 0.15) is 0 Å². The molecule has 0 aromatic heterocycles. The number of nitrogens with one attached hydrogen (secondary N) is 1. The SMILES string of the molecule is COC(=O)NC(=O)CN(C)CC(C)C(=O)O. The lowest BCUT2D eigenvalue weighted by Crippen LogP contribution is -2.40. The smallest absolute Gasteiger partial charge is 0.413 e. The lowest BCUT2D eigenvalue weighted by Gasteiger charge is -2.17. The molecule has 0 heterocycles. The molecule has 0 fully saturated rings. The monoisotopic (exact) mass is 232 g/mol. The van der Waals surface area contributed by atoms with Crippen LogP contribution in [0, 0.1) is 5.92 Å². The molecule has 0 rings (SSSR count). The molecule has 16 heavy (non-hydrogen) atoms. The van der Waals surface area contributed by atoms with Crippen LogP contribution in [0.3, 0.4) is 0 Å². The molecule has 1 unspecified atom stereocenters. The molecular weight excluding hydrogens is 216 g/mol. The molecule has 0 spiro atoms. The van der Waals surface area contributed by atoms with Gasteiger partial charge < -0.3 is 9.84 Å². The van der Waals surface area contributed by atoms with Crippen LogP contribution in [0.1, 0.15) is 6.92 Å². The minimum Gasteiger partial charge on any atom is -0.481 e. The number of carboxylic acids is 1. The van der Waals surface area contributed by atoms with Gasteiger partial charge in [0.15, 0.2) is 0 Å². The summed E-state index contributed by atoms with van der Waals surface area (Å²) >= 11 is 0. The van der Waals surface area contributed by atoms with Crippen LogP contribution in [0.4, 0.5) is 4.79 Å². The van der Waals surface area contributed by atoms with Gasteiger partial charge in [-0.05, 0) is 7.05 Å². The van der Waals surface area contributed by atoms with E-state index >= 15 is 0 Å². The molecule has 7 heteroatoms. The van der Waals surface area contributed by atoms with E-state index in [-0.39, 0.29) is 13.1 Å². The van der Waals surface area contributed by atoms with Gasteiger partial charge in [-0.2, -0.15) is 0 Å². The number of hydrogen-bond acceptors (Lipinski definition) is 5. The van der Waals surface area contributed by atoms with E-state index < -0.39 is 23.9 Å². The Morgan fingerprint density at radius 3 is 2.44 bits per heavy atom. The standard InChI is InChI=1S/C9H16N2O5/c1-6(8(13)14)4-11(2)5-7(12)10-9(15)16-3/h6H,4-5H2,1-3H3,(H,13,14)(H,10,12,15). The van der Waals surface area contributed by atoms with Crippen LogP contribution >= 0.6 is 0 Å². The van der Waals surface area contributed by atoms with E-state index in [4.69, 9.17) is 5.11 Å². The second-order valence-electron chi connectivity index (χ2n) is 3.48. The van der Waals surface area contributed by atoms with E-state index in [2.05, 4.69) is 4.74 Å². The van der Waals surface area contributed by atoms with Gasteiger partial charge in [-0.25, -0.2) is 4.79 Å². The maximum absolute atomic E-state index is 11.2. The molecule has 2 amide bonds. The van der Waals surface area contributed by atoms with Crippen LogP contribution in [0.15, 0.2) is 0 Å². The fourth-order valence-electron chi connectivity index (χ4n) is 1.06. The topological polar surface area (TPSA) is 95.9 Å². The lowest BCUT2D eigenvalue weighted by molar-refractivity contribution is -0.142. The van der Waals surface area contributed by atoms with E-state index in [1.54, 1.807) is 7.05 Å². The van der Waals surface area contributed by atoms with Gasteiger partial charge in [0.05, 0.1) is 19.6 Å². The summed E-state index contributed by atoms with van der Waals surface area (Å²) < 4.78 is 4.24. The summed E-state index contributed by atoms with van der Waals surface area (Å²) in [7, 11) is 2.75. The predicted molar refractivity (Wildman–Crippen MR) is 54.8 cm³/mol. The number of amides is 2. The largest absolute Gasteiger partial charge is 0.481 e. The first kappa shape index (κ1) is 14.4. The fourth-order valence-corrected chi connectivity index (χ4v) is 1.06. The molecule has 0 aromatic carbocycles. The summed E-state index contributed by atoms with van der Waals surface area (Å²) in [5.41, 5.74) is 0. The number of likely N-dealkylation sites (N-methyl/N-ethyl adjacent to an activating group) is 1. The maximum Gasteiger partial charge on any atom is 0.413 e. The molecule has 0 bridgehead atoms. The number of alkyl carbamates (subject to hydrolysis) is 1. The van der Waals surface area contributed by atoms with Crippen LogP contribution < -0.4 is 5.32 Å². The van der Waals surface area contributed by atoms with Crippen LogP contribution in [-0.2, 0) is 14.3 Å². The number of carbonyl (C=O) groups excluding carboxylic acids is 2. The quantitative estimate of drug-likeness (QED) is 0.664. The van der Waals surface area contributed by atoms with Crippen LogP contribution in [0.5, 0.6) is 0 Å². The van der Waals surface area contributed by atoms with E-state index in [1.165, 1.54) is 11.8 Å². The highest BCUT2D eigenvalue weighted by atomic mass is 16.5. The highest BCUT2D eigenvalue weighted by Crippen LogP contribution is 1.97. The van der Waals surface area contributed by atoms with Crippen molar-refractivity contribution in [2.24, 2.45) is 5.92 Å². The number of aliphatic carboxylic acids is 1. The molecule has 0 saturated heterocycles. The molecule has 0 aliphatic heterocycles. The van der Waals surface area contributed by atoms with E-state index in [9.17, 15) is 14.4 Å². The molecule has 1 atom stereocenters. The van der Waals surface area contributed by atoms with Crippen LogP contribution in [0.2, 0.25) is 0 Å². The third-order valence-electron chi connectivity index (χ3n) is 1.85. The zero-order valence-electron chi connectivity index (χ0n) is 9.52. The van der Waals surface area contributed by atoms with Crippen molar-refractivity contribution in [1.82, 2.24) is 10.2 Å². The normalized spacial score (nSPS) is 12.0. The maximum atomic E-state index is 11.2. The number of imide groups is 1. The van der Waals surface area contributed by atoms with Gasteiger partial charge in [-0.3, -0.25) is 19.8 Å². The number of ether oxygens (including phenoxy) is 1. The van der Waals surface area contributed by atoms with Crippen molar-refractivity contribution in [3.8, 4) is 0 Å². The lowest BCUT2D eigenvalue weighted by atomic mass is 10.2. The first-order chi connectivity index (χ1) is 7.36. The van der Waals surface area contributed by atoms with E-state index in [0.717, 1.165) is 7.11 Å². The summed E-state index contributed by atoms with van der Waals surface area (Å²) in [5, 5.41) is 10.6. The number of carbonyl (C=O) groups is 3. The van der Waals surface area contributed by atoms with Gasteiger partial charge in [0, 0.05) is 6.54 Å². The Morgan fingerprint density at radius 1 is 1.44 bits per heavy atom. The zero-order chi connectivity index (χ0) is 12.7. The summed E-state index contributed by atoms with van der Waals surface area (Å²) in [6.45, 7) is 1.70. The van der Waals surface area contributed by atoms with Gasteiger partial charge in [-0.1, -0.05) is 6.92 Å². The number of methoxy groups -OCH3 is 1. The molecule has 0 aromatic rings. The Kier molecular flexibility index (Phi) is 6.09. The predicted octanol–water partition coefficient (Wildman–Crippen LogP) is -0.478. The molecule has 92 valence electrons. The van der Waals surface area contributed by atoms with Crippen molar-refractivity contribution in [1.29, 1.82) is 0 Å². The van der Waals surface area contributed by atoms with Crippen molar-refractivity contribution in [3.63, 3.8) is 0 Å². The third-order valence-corrected chi connectivity index (χ3v) is 1.85. The molecule has 2 N–H and O–H groups in total. The average Bonchev–Trinajstić information content (AvgIpc) is 2.16. The first-order valence-corrected chi connectivity index (χ1v) is 4.66. The number of nitrogens with zero attached hydrogens (tertiary/aromatic N) is 1. The number of hydrogen-bond donors (Lipinski definition) is 2. The van der Waals surface area contributed by atoms with Crippen molar-refractivity contribution in [3.05, 3.63) is 0 Å². The first-order valence-electron chi connectivity index (χ1n) is 4.66. The Labute approximate surface area is 93.4 Å². The Balaban J connectivity index is 3.95. The summed E-state index contributed by atoms with van der Waals surface area (Å²) in [6, 6.07) is 0. The second-order valence-corrected chi connectivity index (χ2v) is 3.48. The number of carboxylic acid groups (broad SMARTS) is 1. The summed E-state index contributed by atoms with van der Waals surface area (Å²) in [4.78, 5) is 33.9. The summed E-state index contributed by atoms with van der Waals surface area (Å²) in [6.07, 6.45) is -0.829. The molecule has 0 aliphatic carbocycles. The zero-order valence-corrected chi connectivity index (χ0v) is 9.52. The fraction of sp³-hybridized carbons (Fsp3) is 0.667. The molecular formula is C9H16N2O5. The Hall–Kier alpha value is -1.63. The Morgan fingerprint density at radius 2 is 2.00 bits per heavy atom. The van der Waals surface area contributed by atoms with Crippen molar-refractivity contribution >= 4 is 18.0 Å². The highest BCUT2D eigenvalue weighted by Gasteiger charge is 2.16. The van der Waals surface area contributed by atoms with Crippen molar-refractivity contribution < 1.29 is 24.2 Å². The minimum absolute atomic E-state index is 0.0628. The van der Waals surface area contributed by atoms with Gasteiger partial charge >= 0.3 is 12.1 Å². The van der Waals surface area contributed by atoms with Gasteiger partial charge in [0.25, 0.3) is 0 Å². The van der Waals surface area contributed by atoms with Gasteiger partial charge in [-0.15, -0.1) is 0 Å². The Bertz CT molecular complexity index is 279. The van der Waals surface area contributed by atoms with Crippen LogP contribution in [-0.4, -0.2) is 55.2 Å². The molecule has 7 nitrogen and oxygen atoms in total. The van der Waals surface area contributed by atoms with Crippen molar-refractivity contribution in [2.75, 3.05) is 27.2 Å². The van der Waals surface area contributed by atoms with E-state index in [1.807, 2.05) is 5.32 Å². The molecule has 0 radical (unpaired) electrons. The minimum atomic E-state index is -0.930. The molecule has 0 saturated carbocycles. The third kappa shape index (κ3) is 5.97. The average molecular weight is 232 g/mol. The summed E-state index contributed by atoms with van der Waals surface area (Å²) in [5.74, 6) is -2.04. The highest BCUT2D eigenvalue weighted by molar-refractivity contribution is 5.92. The van der Waals surface area contributed by atoms with Crippen LogP contribution in [0.25, 0.3) is 0 Å². The molecule has 0 aliphatic rings.